The van der Waals surface area contributed by atoms with E-state index in [4.69, 9.17) is 39.5 Å². The van der Waals surface area contributed by atoms with Crippen molar-refractivity contribution in [1.82, 2.24) is 9.80 Å². The minimum Gasteiger partial charge on any atom is -0.383 e. The number of hydrogen-bond acceptors (Lipinski definition) is 4. The molecule has 1 heterocycles. The first-order valence-electron chi connectivity index (χ1n) is 10.3. The Hall–Kier alpha value is -1.59. The van der Waals surface area contributed by atoms with E-state index in [1.807, 2.05) is 54.7 Å². The summed E-state index contributed by atoms with van der Waals surface area (Å²) in [6.07, 6.45) is 5.97. The maximum absolute atomic E-state index is 6.88. The number of rotatable bonds is 11. The van der Waals surface area contributed by atoms with E-state index in [9.17, 15) is 0 Å². The van der Waals surface area contributed by atoms with E-state index in [1.165, 1.54) is 0 Å². The third-order valence-corrected chi connectivity index (χ3v) is 5.93. The van der Waals surface area contributed by atoms with E-state index in [-0.39, 0.29) is 11.6 Å². The third kappa shape index (κ3) is 6.71. The van der Waals surface area contributed by atoms with Gasteiger partial charge in [-0.3, -0.25) is 0 Å². The molecule has 0 radical (unpaired) electrons. The van der Waals surface area contributed by atoms with Gasteiger partial charge in [-0.2, -0.15) is 0 Å². The molecule has 7 heteroatoms. The van der Waals surface area contributed by atoms with Crippen LogP contribution in [0.5, 0.6) is 0 Å². The number of hydrogen-bond donors (Lipinski definition) is 1. The predicted molar refractivity (Wildman–Crippen MR) is 127 cm³/mol. The summed E-state index contributed by atoms with van der Waals surface area (Å²) in [6, 6.07) is 15.5. The zero-order valence-corrected chi connectivity index (χ0v) is 19.4. The molecule has 2 atom stereocenters. The molecule has 0 aliphatic carbocycles. The number of nitrogens with one attached hydrogen (secondary N) is 1. The molecule has 162 valence electrons. The molecular weight excluding hydrogens is 441 g/mol. The SMILES string of the molecule is CCCCOC(c1ccc(Cl)cc1)C(Cl)N1C=CN(CCNc2ccc(Cl)cc2)C1. The van der Waals surface area contributed by atoms with E-state index < -0.39 is 0 Å². The molecule has 0 bridgehead atoms. The van der Waals surface area contributed by atoms with Gasteiger partial charge in [-0.05, 0) is 48.4 Å². The first-order chi connectivity index (χ1) is 14.6. The number of nitrogens with zero attached hydrogens (tertiary/aromatic N) is 2. The lowest BCUT2D eigenvalue weighted by Crippen LogP contribution is -2.36. The third-order valence-electron chi connectivity index (χ3n) is 4.95. The van der Waals surface area contributed by atoms with Crippen molar-refractivity contribution in [3.8, 4) is 0 Å². The Morgan fingerprint density at radius 2 is 1.67 bits per heavy atom. The molecular formula is C23H28Cl3N3O. The van der Waals surface area contributed by atoms with Crippen molar-refractivity contribution < 1.29 is 4.74 Å². The average molecular weight is 469 g/mol. The summed E-state index contributed by atoms with van der Waals surface area (Å²) in [5, 5.41) is 4.85. The van der Waals surface area contributed by atoms with Gasteiger partial charge >= 0.3 is 0 Å². The standard InChI is InChI=1S/C23H28Cl3N3O/c1-2-3-16-30-22(18-4-6-19(24)7-5-18)23(26)29-15-14-28(17-29)13-12-27-21-10-8-20(25)9-11-21/h4-11,14-15,22-23,27H,2-3,12-13,16-17H2,1H3. The Bertz CT molecular complexity index is 798. The van der Waals surface area contributed by atoms with Crippen LogP contribution < -0.4 is 5.32 Å². The summed E-state index contributed by atoms with van der Waals surface area (Å²) in [7, 11) is 0. The molecule has 1 aliphatic heterocycles. The topological polar surface area (TPSA) is 27.7 Å². The summed E-state index contributed by atoms with van der Waals surface area (Å²) < 4.78 is 6.17. The number of ether oxygens (including phenoxy) is 1. The van der Waals surface area contributed by atoms with Gasteiger partial charge in [0.1, 0.15) is 11.6 Å². The predicted octanol–water partition coefficient (Wildman–Crippen LogP) is 6.57. The number of halogens is 3. The van der Waals surface area contributed by atoms with Crippen molar-refractivity contribution in [3.05, 3.63) is 76.5 Å². The van der Waals surface area contributed by atoms with Gasteiger partial charge in [0.2, 0.25) is 0 Å². The highest BCUT2D eigenvalue weighted by atomic mass is 35.5. The van der Waals surface area contributed by atoms with Crippen LogP contribution in [-0.2, 0) is 4.74 Å². The van der Waals surface area contributed by atoms with Gasteiger partial charge in [0.15, 0.2) is 0 Å². The zero-order valence-electron chi connectivity index (χ0n) is 17.1. The van der Waals surface area contributed by atoms with Crippen LogP contribution in [-0.4, -0.2) is 41.7 Å². The fourth-order valence-corrected chi connectivity index (χ4v) is 3.81. The summed E-state index contributed by atoms with van der Waals surface area (Å²) >= 11 is 18.9. The highest BCUT2D eigenvalue weighted by Gasteiger charge is 2.29. The van der Waals surface area contributed by atoms with Crippen LogP contribution in [0.2, 0.25) is 10.0 Å². The van der Waals surface area contributed by atoms with Gasteiger partial charge in [-0.1, -0.05) is 60.3 Å². The van der Waals surface area contributed by atoms with E-state index in [0.29, 0.717) is 11.6 Å². The molecule has 4 nitrogen and oxygen atoms in total. The van der Waals surface area contributed by atoms with Crippen molar-refractivity contribution in [1.29, 1.82) is 0 Å². The molecule has 1 N–H and O–H groups in total. The lowest BCUT2D eigenvalue weighted by Gasteiger charge is -2.31. The van der Waals surface area contributed by atoms with Gasteiger partial charge in [-0.25, -0.2) is 0 Å². The Morgan fingerprint density at radius 1 is 1.00 bits per heavy atom. The van der Waals surface area contributed by atoms with Crippen LogP contribution in [0.4, 0.5) is 5.69 Å². The Morgan fingerprint density at radius 3 is 2.33 bits per heavy atom. The Kier molecular flexibility index (Phi) is 9.01. The van der Waals surface area contributed by atoms with Gasteiger partial charge in [0, 0.05) is 47.8 Å². The molecule has 0 spiro atoms. The number of anilines is 1. The first kappa shape index (κ1) is 23.1. The second-order valence-electron chi connectivity index (χ2n) is 7.27. The van der Waals surface area contributed by atoms with Gasteiger partial charge in [0.05, 0.1) is 6.67 Å². The quantitative estimate of drug-likeness (QED) is 0.229. The molecule has 1 aliphatic rings. The van der Waals surface area contributed by atoms with E-state index in [1.54, 1.807) is 0 Å². The van der Waals surface area contributed by atoms with Crippen LogP contribution in [0.15, 0.2) is 60.9 Å². The second-order valence-corrected chi connectivity index (χ2v) is 8.59. The summed E-state index contributed by atoms with van der Waals surface area (Å²) in [6.45, 7) is 5.23. The largest absolute Gasteiger partial charge is 0.383 e. The maximum Gasteiger partial charge on any atom is 0.135 e. The normalized spacial score (nSPS) is 15.5. The minimum absolute atomic E-state index is 0.229. The highest BCUT2D eigenvalue weighted by molar-refractivity contribution is 6.30. The van der Waals surface area contributed by atoms with Gasteiger partial charge in [0.25, 0.3) is 0 Å². The molecule has 3 rings (SSSR count). The molecule has 0 amide bonds. The number of unbranched alkanes of at least 4 members (excludes halogenated alkanes) is 1. The monoisotopic (exact) mass is 467 g/mol. The number of alkyl halides is 1. The molecule has 0 saturated heterocycles. The molecule has 0 fully saturated rings. The Labute approximate surface area is 194 Å². The van der Waals surface area contributed by atoms with Crippen molar-refractivity contribution in [2.75, 3.05) is 31.7 Å². The molecule has 30 heavy (non-hydrogen) atoms. The lowest BCUT2D eigenvalue weighted by atomic mass is 10.1. The highest BCUT2D eigenvalue weighted by Crippen LogP contribution is 2.31. The molecule has 0 saturated carbocycles. The van der Waals surface area contributed by atoms with Crippen LogP contribution in [0.25, 0.3) is 0 Å². The van der Waals surface area contributed by atoms with Crippen molar-refractivity contribution >= 4 is 40.5 Å². The first-order valence-corrected chi connectivity index (χ1v) is 11.4. The van der Waals surface area contributed by atoms with Crippen LogP contribution in [0.3, 0.4) is 0 Å². The minimum atomic E-state index is -0.312. The zero-order chi connectivity index (χ0) is 21.3. The van der Waals surface area contributed by atoms with Crippen LogP contribution in [0.1, 0.15) is 31.4 Å². The molecule has 2 unspecified atom stereocenters. The van der Waals surface area contributed by atoms with Crippen LogP contribution in [0, 0.1) is 0 Å². The summed E-state index contributed by atoms with van der Waals surface area (Å²) in [5.41, 5.74) is 1.78. The second kappa shape index (κ2) is 11.7. The average Bonchev–Trinajstić information content (AvgIpc) is 3.22. The molecule has 2 aromatic rings. The smallest absolute Gasteiger partial charge is 0.135 e. The van der Waals surface area contributed by atoms with Gasteiger partial charge in [-0.15, -0.1) is 0 Å². The van der Waals surface area contributed by atoms with Crippen LogP contribution >= 0.6 is 34.8 Å². The lowest BCUT2D eigenvalue weighted by molar-refractivity contribution is 0.0165. The van der Waals surface area contributed by atoms with Crippen molar-refractivity contribution in [3.63, 3.8) is 0 Å². The van der Waals surface area contributed by atoms with Gasteiger partial charge < -0.3 is 19.9 Å². The van der Waals surface area contributed by atoms with Crippen molar-refractivity contribution in [2.45, 2.75) is 31.4 Å². The fourth-order valence-electron chi connectivity index (χ4n) is 3.22. The molecule has 2 aromatic carbocycles. The number of benzene rings is 2. The van der Waals surface area contributed by atoms with E-state index >= 15 is 0 Å². The maximum atomic E-state index is 6.88. The van der Waals surface area contributed by atoms with Crippen molar-refractivity contribution in [2.24, 2.45) is 0 Å². The van der Waals surface area contributed by atoms with E-state index in [0.717, 1.165) is 48.9 Å². The summed E-state index contributed by atoms with van der Waals surface area (Å²) in [5.74, 6) is 0. The molecule has 0 aromatic heterocycles. The van der Waals surface area contributed by atoms with E-state index in [2.05, 4.69) is 28.2 Å². The Balaban J connectivity index is 1.53. The fraction of sp³-hybridized carbons (Fsp3) is 0.391. The summed E-state index contributed by atoms with van der Waals surface area (Å²) in [4.78, 5) is 4.33.